The van der Waals surface area contributed by atoms with Crippen molar-refractivity contribution >= 4 is 0 Å². The highest BCUT2D eigenvalue weighted by Crippen LogP contribution is 1.99. The van der Waals surface area contributed by atoms with Gasteiger partial charge in [-0.3, -0.25) is 0 Å². The highest BCUT2D eigenvalue weighted by Gasteiger charge is 2.01. The summed E-state index contributed by atoms with van der Waals surface area (Å²) in [5, 5.41) is 0. The van der Waals surface area contributed by atoms with Crippen LogP contribution in [0.3, 0.4) is 0 Å². The van der Waals surface area contributed by atoms with E-state index in [1.807, 2.05) is 19.1 Å². The van der Waals surface area contributed by atoms with Gasteiger partial charge in [-0.15, -0.1) is 0 Å². The summed E-state index contributed by atoms with van der Waals surface area (Å²) in [4.78, 5) is 0. The second-order valence-electron chi connectivity index (χ2n) is 2.64. The van der Waals surface area contributed by atoms with Gasteiger partial charge in [-0.2, -0.15) is 0 Å². The van der Waals surface area contributed by atoms with Crippen LogP contribution in [-0.4, -0.2) is 19.5 Å². The topological polar surface area (TPSA) is 18.5 Å². The molecule has 2 nitrogen and oxygen atoms in total. The summed E-state index contributed by atoms with van der Waals surface area (Å²) >= 11 is 0. The molecule has 0 atom stereocenters. The molecular weight excluding hydrogens is 152 g/mol. The Kier molecular flexibility index (Phi) is 8.51. The van der Waals surface area contributed by atoms with Gasteiger partial charge in [-0.25, -0.2) is 0 Å². The zero-order valence-electron chi connectivity index (χ0n) is 8.38. The zero-order valence-corrected chi connectivity index (χ0v) is 8.38. The van der Waals surface area contributed by atoms with Gasteiger partial charge in [0.2, 0.25) is 0 Å². The van der Waals surface area contributed by atoms with Gasteiger partial charge in [-0.05, 0) is 25.8 Å². The summed E-state index contributed by atoms with van der Waals surface area (Å²) in [7, 11) is 0. The molecule has 0 aromatic carbocycles. The fourth-order valence-corrected chi connectivity index (χ4v) is 0.784. The van der Waals surface area contributed by atoms with Crippen LogP contribution in [0.1, 0.15) is 33.6 Å². The van der Waals surface area contributed by atoms with Crippen molar-refractivity contribution in [3.05, 3.63) is 12.2 Å². The van der Waals surface area contributed by atoms with Crippen molar-refractivity contribution in [2.75, 3.05) is 13.2 Å². The molecule has 0 aliphatic carbocycles. The highest BCUT2D eigenvalue weighted by atomic mass is 16.7. The monoisotopic (exact) mass is 172 g/mol. The molecule has 0 saturated carbocycles. The Morgan fingerprint density at radius 1 is 1.08 bits per heavy atom. The Balaban J connectivity index is 3.54. The SMILES string of the molecule is CC=CC(OCCC)OCCC. The normalized spacial score (nSPS) is 11.7. The van der Waals surface area contributed by atoms with E-state index in [2.05, 4.69) is 13.8 Å². The van der Waals surface area contributed by atoms with E-state index in [-0.39, 0.29) is 6.29 Å². The first kappa shape index (κ1) is 11.7. The largest absolute Gasteiger partial charge is 0.349 e. The molecule has 72 valence electrons. The van der Waals surface area contributed by atoms with Crippen molar-refractivity contribution in [2.24, 2.45) is 0 Å². The Morgan fingerprint density at radius 3 is 1.92 bits per heavy atom. The van der Waals surface area contributed by atoms with Crippen LogP contribution in [0.5, 0.6) is 0 Å². The molecule has 0 aromatic heterocycles. The summed E-state index contributed by atoms with van der Waals surface area (Å²) < 4.78 is 10.8. The van der Waals surface area contributed by atoms with Gasteiger partial charge in [0.15, 0.2) is 6.29 Å². The second kappa shape index (κ2) is 8.75. The average Bonchev–Trinajstić information content (AvgIpc) is 2.10. The van der Waals surface area contributed by atoms with Crippen LogP contribution in [-0.2, 0) is 9.47 Å². The van der Waals surface area contributed by atoms with Crippen molar-refractivity contribution in [1.29, 1.82) is 0 Å². The van der Waals surface area contributed by atoms with E-state index in [1.54, 1.807) is 0 Å². The summed E-state index contributed by atoms with van der Waals surface area (Å²) in [6.07, 6.45) is 5.81. The average molecular weight is 172 g/mol. The Bertz CT molecular complexity index is 102. The third-order valence-corrected chi connectivity index (χ3v) is 1.32. The Hall–Kier alpha value is -0.340. The molecular formula is C10H20O2. The maximum atomic E-state index is 5.42. The molecule has 0 rings (SSSR count). The molecule has 0 aliphatic rings. The molecule has 0 saturated heterocycles. The van der Waals surface area contributed by atoms with Crippen LogP contribution in [0.2, 0.25) is 0 Å². The van der Waals surface area contributed by atoms with Crippen LogP contribution in [0.15, 0.2) is 12.2 Å². The van der Waals surface area contributed by atoms with Gasteiger partial charge in [-0.1, -0.05) is 19.9 Å². The van der Waals surface area contributed by atoms with E-state index < -0.39 is 0 Å². The first-order valence-electron chi connectivity index (χ1n) is 4.71. The molecule has 0 aliphatic heterocycles. The van der Waals surface area contributed by atoms with Gasteiger partial charge in [0.05, 0.1) is 0 Å². The minimum absolute atomic E-state index is 0.144. The minimum atomic E-state index is -0.144. The maximum Gasteiger partial charge on any atom is 0.176 e. The predicted octanol–water partition coefficient (Wildman–Crippen LogP) is 2.74. The van der Waals surface area contributed by atoms with E-state index in [0.717, 1.165) is 26.1 Å². The standard InChI is InChI=1S/C10H20O2/c1-4-7-10(11-8-5-2)12-9-6-3/h4,7,10H,5-6,8-9H2,1-3H3. The lowest BCUT2D eigenvalue weighted by Gasteiger charge is -2.13. The third-order valence-electron chi connectivity index (χ3n) is 1.32. The first-order chi connectivity index (χ1) is 5.85. The van der Waals surface area contributed by atoms with Gasteiger partial charge < -0.3 is 9.47 Å². The molecule has 12 heavy (non-hydrogen) atoms. The summed E-state index contributed by atoms with van der Waals surface area (Å²) in [6.45, 7) is 7.67. The van der Waals surface area contributed by atoms with Crippen molar-refractivity contribution in [3.63, 3.8) is 0 Å². The fraction of sp³-hybridized carbons (Fsp3) is 0.800. The van der Waals surface area contributed by atoms with Gasteiger partial charge in [0.25, 0.3) is 0 Å². The fourth-order valence-electron chi connectivity index (χ4n) is 0.784. The van der Waals surface area contributed by atoms with Crippen LogP contribution in [0.4, 0.5) is 0 Å². The van der Waals surface area contributed by atoms with Crippen LogP contribution in [0, 0.1) is 0 Å². The van der Waals surface area contributed by atoms with Gasteiger partial charge >= 0.3 is 0 Å². The molecule has 0 spiro atoms. The van der Waals surface area contributed by atoms with Gasteiger partial charge in [0.1, 0.15) is 0 Å². The summed E-state index contributed by atoms with van der Waals surface area (Å²) in [5.74, 6) is 0. The molecule has 0 amide bonds. The molecule has 2 heteroatoms. The van der Waals surface area contributed by atoms with Crippen LogP contribution >= 0.6 is 0 Å². The Labute approximate surface area is 75.6 Å². The first-order valence-corrected chi connectivity index (χ1v) is 4.71. The van der Waals surface area contributed by atoms with E-state index in [0.29, 0.717) is 0 Å². The third kappa shape index (κ3) is 6.38. The lowest BCUT2D eigenvalue weighted by Crippen LogP contribution is -2.15. The molecule has 0 fully saturated rings. The van der Waals surface area contributed by atoms with Crippen molar-refractivity contribution < 1.29 is 9.47 Å². The molecule has 0 N–H and O–H groups in total. The van der Waals surface area contributed by atoms with E-state index in [9.17, 15) is 0 Å². The lowest BCUT2D eigenvalue weighted by molar-refractivity contribution is -0.111. The number of hydrogen-bond donors (Lipinski definition) is 0. The molecule has 0 unspecified atom stereocenters. The number of rotatable bonds is 7. The Morgan fingerprint density at radius 2 is 1.58 bits per heavy atom. The molecule has 0 heterocycles. The molecule has 0 bridgehead atoms. The van der Waals surface area contributed by atoms with Crippen molar-refractivity contribution in [3.8, 4) is 0 Å². The number of ether oxygens (including phenoxy) is 2. The zero-order chi connectivity index (χ0) is 9.23. The van der Waals surface area contributed by atoms with Crippen molar-refractivity contribution in [2.45, 2.75) is 39.9 Å². The molecule has 0 aromatic rings. The van der Waals surface area contributed by atoms with Gasteiger partial charge in [0, 0.05) is 13.2 Å². The second-order valence-corrected chi connectivity index (χ2v) is 2.64. The highest BCUT2D eigenvalue weighted by molar-refractivity contribution is 4.81. The van der Waals surface area contributed by atoms with Crippen LogP contribution in [0.25, 0.3) is 0 Å². The van der Waals surface area contributed by atoms with E-state index >= 15 is 0 Å². The number of allylic oxidation sites excluding steroid dienone is 1. The summed E-state index contributed by atoms with van der Waals surface area (Å²) in [6, 6.07) is 0. The van der Waals surface area contributed by atoms with E-state index in [4.69, 9.17) is 9.47 Å². The predicted molar refractivity (Wildman–Crippen MR) is 51.1 cm³/mol. The smallest absolute Gasteiger partial charge is 0.176 e. The lowest BCUT2D eigenvalue weighted by atomic mass is 10.5. The van der Waals surface area contributed by atoms with Crippen molar-refractivity contribution in [1.82, 2.24) is 0 Å². The number of hydrogen-bond acceptors (Lipinski definition) is 2. The van der Waals surface area contributed by atoms with E-state index in [1.165, 1.54) is 0 Å². The summed E-state index contributed by atoms with van der Waals surface area (Å²) in [5.41, 5.74) is 0. The quantitative estimate of drug-likeness (QED) is 0.434. The molecule has 0 radical (unpaired) electrons. The minimum Gasteiger partial charge on any atom is -0.349 e. The maximum absolute atomic E-state index is 5.42. The van der Waals surface area contributed by atoms with Crippen LogP contribution < -0.4 is 0 Å².